The number of carbonyl (C=O) groups excluding carboxylic acids is 1. The first-order chi connectivity index (χ1) is 9.51. The van der Waals surface area contributed by atoms with Crippen LogP contribution in [0.2, 0.25) is 0 Å². The highest BCUT2D eigenvalue weighted by atomic mass is 16.7. The fourth-order valence-electron chi connectivity index (χ4n) is 1.92. The van der Waals surface area contributed by atoms with Gasteiger partial charge in [0.1, 0.15) is 0 Å². The maximum atomic E-state index is 12.1. The van der Waals surface area contributed by atoms with Gasteiger partial charge in [0.2, 0.25) is 5.91 Å². The van der Waals surface area contributed by atoms with E-state index in [4.69, 9.17) is 9.47 Å². The predicted molar refractivity (Wildman–Crippen MR) is 76.1 cm³/mol. The Morgan fingerprint density at radius 3 is 2.30 bits per heavy atom. The van der Waals surface area contributed by atoms with Crippen LogP contribution in [0.15, 0.2) is 30.3 Å². The zero-order valence-electron chi connectivity index (χ0n) is 12.4. The molecule has 5 heteroatoms. The molecule has 1 aromatic rings. The van der Waals surface area contributed by atoms with Gasteiger partial charge in [-0.2, -0.15) is 0 Å². The summed E-state index contributed by atoms with van der Waals surface area (Å²) < 4.78 is 10.0. The second kappa shape index (κ2) is 7.99. The average molecular weight is 281 g/mol. The quantitative estimate of drug-likeness (QED) is 0.771. The molecule has 0 unspecified atom stereocenters. The molecule has 1 N–H and O–H groups in total. The van der Waals surface area contributed by atoms with Crippen molar-refractivity contribution in [3.8, 4) is 0 Å². The molecule has 1 rings (SSSR count). The van der Waals surface area contributed by atoms with E-state index in [1.54, 1.807) is 7.05 Å². The average Bonchev–Trinajstić information content (AvgIpc) is 2.50. The van der Waals surface area contributed by atoms with Gasteiger partial charge in [-0.3, -0.25) is 4.79 Å². The highest BCUT2D eigenvalue weighted by Gasteiger charge is 2.25. The number of ether oxygens (including phenoxy) is 2. The number of benzene rings is 1. The van der Waals surface area contributed by atoms with Crippen molar-refractivity contribution >= 4 is 5.91 Å². The van der Waals surface area contributed by atoms with Crippen molar-refractivity contribution in [2.24, 2.45) is 0 Å². The van der Waals surface area contributed by atoms with Crippen LogP contribution in [0.25, 0.3) is 0 Å². The van der Waals surface area contributed by atoms with Gasteiger partial charge in [-0.15, -0.1) is 0 Å². The molecule has 0 aliphatic heterocycles. The number of methoxy groups -OCH3 is 2. The zero-order chi connectivity index (χ0) is 15.1. The van der Waals surface area contributed by atoms with Crippen LogP contribution >= 0.6 is 0 Å². The first kappa shape index (κ1) is 16.6. The molecule has 1 aromatic carbocycles. The van der Waals surface area contributed by atoms with Crippen molar-refractivity contribution in [3.05, 3.63) is 35.9 Å². The maximum absolute atomic E-state index is 12.1. The van der Waals surface area contributed by atoms with Gasteiger partial charge >= 0.3 is 0 Å². The van der Waals surface area contributed by atoms with E-state index in [9.17, 15) is 9.90 Å². The van der Waals surface area contributed by atoms with Crippen molar-refractivity contribution < 1.29 is 19.4 Å². The van der Waals surface area contributed by atoms with Crippen molar-refractivity contribution in [1.29, 1.82) is 0 Å². The lowest BCUT2D eigenvalue weighted by Gasteiger charge is -2.30. The second-order valence-electron chi connectivity index (χ2n) is 4.71. The van der Waals surface area contributed by atoms with Crippen LogP contribution < -0.4 is 0 Å². The molecule has 0 radical (unpaired) electrons. The summed E-state index contributed by atoms with van der Waals surface area (Å²) in [5.41, 5.74) is 0.787. The van der Waals surface area contributed by atoms with Gasteiger partial charge in [0.15, 0.2) is 6.29 Å². The molecule has 0 fully saturated rings. The minimum atomic E-state index is -0.728. The minimum absolute atomic E-state index is 0.120. The largest absolute Gasteiger partial charge is 0.386 e. The van der Waals surface area contributed by atoms with E-state index in [0.717, 1.165) is 5.56 Å². The van der Waals surface area contributed by atoms with Crippen LogP contribution in [0, 0.1) is 0 Å². The molecule has 0 heterocycles. The van der Waals surface area contributed by atoms with E-state index >= 15 is 0 Å². The van der Waals surface area contributed by atoms with Gasteiger partial charge in [0.25, 0.3) is 0 Å². The normalized spacial score (nSPS) is 14.1. The van der Waals surface area contributed by atoms with Crippen LogP contribution in [0.3, 0.4) is 0 Å². The van der Waals surface area contributed by atoms with E-state index in [0.29, 0.717) is 0 Å². The summed E-state index contributed by atoms with van der Waals surface area (Å²) in [6, 6.07) is 8.95. The Labute approximate surface area is 120 Å². The van der Waals surface area contributed by atoms with Crippen molar-refractivity contribution in [2.45, 2.75) is 31.8 Å². The maximum Gasteiger partial charge on any atom is 0.227 e. The second-order valence-corrected chi connectivity index (χ2v) is 4.71. The van der Waals surface area contributed by atoms with E-state index in [-0.39, 0.29) is 18.4 Å². The lowest BCUT2D eigenvalue weighted by atomic mass is 10.0. The Morgan fingerprint density at radius 1 is 1.25 bits per heavy atom. The van der Waals surface area contributed by atoms with E-state index in [2.05, 4.69) is 0 Å². The van der Waals surface area contributed by atoms with E-state index in [1.807, 2.05) is 37.3 Å². The fourth-order valence-corrected chi connectivity index (χ4v) is 1.92. The van der Waals surface area contributed by atoms with Crippen molar-refractivity contribution in [2.75, 3.05) is 21.3 Å². The molecule has 0 saturated carbocycles. The lowest BCUT2D eigenvalue weighted by molar-refractivity contribution is -0.150. The van der Waals surface area contributed by atoms with Gasteiger partial charge in [-0.05, 0) is 12.5 Å². The number of carbonyl (C=O) groups is 1. The predicted octanol–water partition coefficient (Wildman–Crippen LogP) is 1.58. The molecule has 0 aromatic heterocycles. The van der Waals surface area contributed by atoms with Gasteiger partial charge in [0.05, 0.1) is 18.6 Å². The molecule has 0 aliphatic rings. The summed E-state index contributed by atoms with van der Waals surface area (Å²) in [5, 5.41) is 10.3. The zero-order valence-corrected chi connectivity index (χ0v) is 12.4. The van der Waals surface area contributed by atoms with Crippen LogP contribution in [-0.4, -0.2) is 49.5 Å². The summed E-state index contributed by atoms with van der Waals surface area (Å²) >= 11 is 0. The smallest absolute Gasteiger partial charge is 0.227 e. The third-order valence-corrected chi connectivity index (χ3v) is 3.47. The Hall–Kier alpha value is -1.43. The van der Waals surface area contributed by atoms with E-state index < -0.39 is 12.4 Å². The molecule has 112 valence electrons. The Bertz CT molecular complexity index is 406. The summed E-state index contributed by atoms with van der Waals surface area (Å²) in [6.07, 6.45) is -1.17. The molecule has 2 atom stereocenters. The molecule has 0 saturated heterocycles. The summed E-state index contributed by atoms with van der Waals surface area (Å²) in [7, 11) is 4.65. The van der Waals surface area contributed by atoms with Crippen LogP contribution in [-0.2, 0) is 14.3 Å². The molecule has 20 heavy (non-hydrogen) atoms. The number of hydrogen-bond acceptors (Lipinski definition) is 4. The topological polar surface area (TPSA) is 59.0 Å². The number of aliphatic hydroxyl groups is 1. The SMILES string of the molecule is COC(CC(=O)N(C)[C@@H](C)[C@H](O)c1ccccc1)OC. The molecule has 0 bridgehead atoms. The molecular weight excluding hydrogens is 258 g/mol. The number of amides is 1. The van der Waals surface area contributed by atoms with Gasteiger partial charge in [0, 0.05) is 21.3 Å². The number of hydrogen-bond donors (Lipinski definition) is 1. The number of nitrogens with zero attached hydrogens (tertiary/aromatic N) is 1. The minimum Gasteiger partial charge on any atom is -0.386 e. The third kappa shape index (κ3) is 4.30. The Kier molecular flexibility index (Phi) is 6.64. The number of aliphatic hydroxyl groups excluding tert-OH is 1. The first-order valence-corrected chi connectivity index (χ1v) is 6.55. The number of rotatable bonds is 7. The van der Waals surface area contributed by atoms with Crippen molar-refractivity contribution in [3.63, 3.8) is 0 Å². The molecule has 1 amide bonds. The highest BCUT2D eigenvalue weighted by Crippen LogP contribution is 2.20. The highest BCUT2D eigenvalue weighted by molar-refractivity contribution is 5.76. The fraction of sp³-hybridized carbons (Fsp3) is 0.533. The number of likely N-dealkylation sites (N-methyl/N-ethyl adjacent to an activating group) is 1. The van der Waals surface area contributed by atoms with Crippen LogP contribution in [0.5, 0.6) is 0 Å². The van der Waals surface area contributed by atoms with Crippen LogP contribution in [0.1, 0.15) is 25.0 Å². The lowest BCUT2D eigenvalue weighted by Crippen LogP contribution is -2.40. The Morgan fingerprint density at radius 2 is 1.80 bits per heavy atom. The monoisotopic (exact) mass is 281 g/mol. The van der Waals surface area contributed by atoms with Gasteiger partial charge in [-0.1, -0.05) is 30.3 Å². The van der Waals surface area contributed by atoms with Crippen LogP contribution in [0.4, 0.5) is 0 Å². The third-order valence-electron chi connectivity index (χ3n) is 3.47. The molecule has 5 nitrogen and oxygen atoms in total. The Balaban J connectivity index is 2.66. The molecule has 0 spiro atoms. The summed E-state index contributed by atoms with van der Waals surface area (Å²) in [4.78, 5) is 13.6. The molecular formula is C15H23NO4. The first-order valence-electron chi connectivity index (χ1n) is 6.55. The summed E-state index contributed by atoms with van der Waals surface area (Å²) in [6.45, 7) is 1.81. The summed E-state index contributed by atoms with van der Waals surface area (Å²) in [5.74, 6) is -0.138. The standard InChI is InChI=1S/C15H23NO4/c1-11(15(18)12-8-6-5-7-9-12)16(2)13(17)10-14(19-3)20-4/h5-9,11,14-15,18H,10H2,1-4H3/t11-,15-/m0/s1. The van der Waals surface area contributed by atoms with E-state index in [1.165, 1.54) is 19.1 Å². The molecule has 0 aliphatic carbocycles. The van der Waals surface area contributed by atoms with Gasteiger partial charge in [-0.25, -0.2) is 0 Å². The van der Waals surface area contributed by atoms with Crippen molar-refractivity contribution in [1.82, 2.24) is 4.90 Å². The van der Waals surface area contributed by atoms with Gasteiger partial charge < -0.3 is 19.5 Å².